The minimum absolute atomic E-state index is 0.123. The number of benzene rings is 3. The minimum Gasteiger partial charge on any atom is -0.262 e. The van der Waals surface area contributed by atoms with Gasteiger partial charge in [-0.1, -0.05) is 41.9 Å². The average Bonchev–Trinajstić information content (AvgIpc) is 2.62. The molecule has 0 N–H and O–H groups in total. The van der Waals surface area contributed by atoms with Gasteiger partial charge in [0, 0.05) is 5.02 Å². The molecule has 0 bridgehead atoms. The first-order valence-corrected chi connectivity index (χ1v) is 9.47. The van der Waals surface area contributed by atoms with Gasteiger partial charge in [0.1, 0.15) is 16.5 Å². The minimum atomic E-state index is -4.24. The van der Waals surface area contributed by atoms with Crippen LogP contribution in [0.15, 0.2) is 77.7 Å². The van der Waals surface area contributed by atoms with Gasteiger partial charge >= 0.3 is 0 Å². The number of sulfonamides is 1. The second-order valence-corrected chi connectivity index (χ2v) is 7.75. The Morgan fingerprint density at radius 3 is 2.12 bits per heavy atom. The maximum Gasteiger partial charge on any atom is 0.267 e. The predicted octanol–water partition coefficient (Wildman–Crippen LogP) is 5.01. The maximum absolute atomic E-state index is 14.2. The van der Waals surface area contributed by atoms with Crippen LogP contribution >= 0.6 is 11.6 Å². The van der Waals surface area contributed by atoms with E-state index >= 15 is 0 Å². The Balaban J connectivity index is 2.13. The van der Waals surface area contributed by atoms with Crippen LogP contribution in [-0.2, 0) is 16.6 Å². The molecule has 3 rings (SSSR count). The van der Waals surface area contributed by atoms with Crippen LogP contribution in [-0.4, -0.2) is 8.42 Å². The maximum atomic E-state index is 14.2. The van der Waals surface area contributed by atoms with Crippen molar-refractivity contribution >= 4 is 27.3 Å². The molecule has 7 heteroatoms. The van der Waals surface area contributed by atoms with E-state index in [1.54, 1.807) is 24.3 Å². The highest BCUT2D eigenvalue weighted by atomic mass is 35.5. The lowest BCUT2D eigenvalue weighted by atomic mass is 10.2. The van der Waals surface area contributed by atoms with E-state index in [0.29, 0.717) is 10.6 Å². The second-order valence-electron chi connectivity index (χ2n) is 5.51. The predicted molar refractivity (Wildman–Crippen MR) is 97.6 cm³/mol. The summed E-state index contributed by atoms with van der Waals surface area (Å²) < 4.78 is 54.6. The summed E-state index contributed by atoms with van der Waals surface area (Å²) in [6.45, 7) is -0.123. The van der Waals surface area contributed by atoms with Gasteiger partial charge in [0.25, 0.3) is 10.0 Å². The van der Waals surface area contributed by atoms with Gasteiger partial charge in [-0.15, -0.1) is 0 Å². The zero-order chi connectivity index (χ0) is 18.7. The smallest absolute Gasteiger partial charge is 0.262 e. The Hall–Kier alpha value is -2.44. The first kappa shape index (κ1) is 18.4. The molecule has 0 heterocycles. The standard InChI is InChI=1S/C19H14ClF2NO2S/c20-17-6-2-1-5-14(17)13-23(16-11-9-15(21)10-12-16)26(24,25)19-8-4-3-7-18(19)22/h1-12H,13H2. The molecule has 0 atom stereocenters. The highest BCUT2D eigenvalue weighted by Crippen LogP contribution is 2.29. The van der Waals surface area contributed by atoms with Crippen LogP contribution in [0.1, 0.15) is 5.56 Å². The lowest BCUT2D eigenvalue weighted by Gasteiger charge is -2.25. The van der Waals surface area contributed by atoms with Gasteiger partial charge in [0.05, 0.1) is 12.2 Å². The van der Waals surface area contributed by atoms with Crippen molar-refractivity contribution in [3.63, 3.8) is 0 Å². The Labute approximate surface area is 155 Å². The fourth-order valence-electron chi connectivity index (χ4n) is 2.48. The Morgan fingerprint density at radius 1 is 0.846 bits per heavy atom. The second kappa shape index (κ2) is 7.43. The van der Waals surface area contributed by atoms with E-state index in [0.717, 1.165) is 22.5 Å². The first-order chi connectivity index (χ1) is 12.4. The number of anilines is 1. The van der Waals surface area contributed by atoms with Gasteiger partial charge in [-0.2, -0.15) is 0 Å². The van der Waals surface area contributed by atoms with Crippen molar-refractivity contribution in [2.75, 3.05) is 4.31 Å². The normalized spacial score (nSPS) is 11.3. The van der Waals surface area contributed by atoms with Gasteiger partial charge in [-0.25, -0.2) is 17.2 Å². The third-order valence-corrected chi connectivity index (χ3v) is 5.97. The lowest BCUT2D eigenvalue weighted by molar-refractivity contribution is 0.563. The lowest BCUT2D eigenvalue weighted by Crippen LogP contribution is -2.31. The van der Waals surface area contributed by atoms with E-state index in [1.165, 1.54) is 30.3 Å². The summed E-state index contributed by atoms with van der Waals surface area (Å²) >= 11 is 6.15. The quantitative estimate of drug-likeness (QED) is 0.610. The molecule has 0 aliphatic heterocycles. The van der Waals surface area contributed by atoms with Crippen molar-refractivity contribution in [2.45, 2.75) is 11.4 Å². The van der Waals surface area contributed by atoms with Crippen LogP contribution in [0, 0.1) is 11.6 Å². The number of halogens is 3. The summed E-state index contributed by atoms with van der Waals surface area (Å²) in [5.74, 6) is -1.37. The molecule has 0 aliphatic carbocycles. The fraction of sp³-hybridized carbons (Fsp3) is 0.0526. The molecule has 26 heavy (non-hydrogen) atoms. The summed E-state index contributed by atoms with van der Waals surface area (Å²) in [4.78, 5) is -0.462. The summed E-state index contributed by atoms with van der Waals surface area (Å²) in [5.41, 5.74) is 0.743. The molecule has 0 saturated carbocycles. The molecule has 0 amide bonds. The van der Waals surface area contributed by atoms with Crippen molar-refractivity contribution in [1.29, 1.82) is 0 Å². The largest absolute Gasteiger partial charge is 0.267 e. The molecule has 0 fully saturated rings. The summed E-state index contributed by atoms with van der Waals surface area (Å²) in [5, 5.41) is 0.378. The van der Waals surface area contributed by atoms with Gasteiger partial charge in [-0.05, 0) is 48.0 Å². The van der Waals surface area contributed by atoms with Crippen molar-refractivity contribution in [1.82, 2.24) is 0 Å². The fourth-order valence-corrected chi connectivity index (χ4v) is 4.18. The molecule has 3 aromatic rings. The number of hydrogen-bond donors (Lipinski definition) is 0. The van der Waals surface area contributed by atoms with Gasteiger partial charge in [-0.3, -0.25) is 4.31 Å². The summed E-state index contributed by atoms with van der Waals surface area (Å²) in [6.07, 6.45) is 0. The van der Waals surface area contributed by atoms with Crippen molar-refractivity contribution in [2.24, 2.45) is 0 Å². The molecular formula is C19H14ClF2NO2S. The van der Waals surface area contributed by atoms with Gasteiger partial charge in [0.15, 0.2) is 0 Å². The van der Waals surface area contributed by atoms with Crippen molar-refractivity contribution < 1.29 is 17.2 Å². The molecule has 0 radical (unpaired) electrons. The highest BCUT2D eigenvalue weighted by Gasteiger charge is 2.28. The Kier molecular flexibility index (Phi) is 5.25. The summed E-state index contributed by atoms with van der Waals surface area (Å²) in [7, 11) is -4.24. The van der Waals surface area contributed by atoms with Crippen LogP contribution in [0.2, 0.25) is 5.02 Å². The number of hydrogen-bond acceptors (Lipinski definition) is 2. The van der Waals surface area contributed by atoms with Crippen molar-refractivity contribution in [3.05, 3.63) is 95.0 Å². The number of nitrogens with zero attached hydrogens (tertiary/aromatic N) is 1. The summed E-state index contributed by atoms with van der Waals surface area (Å²) in [6, 6.07) is 16.8. The van der Waals surface area contributed by atoms with Gasteiger partial charge in [0.2, 0.25) is 0 Å². The van der Waals surface area contributed by atoms with Crippen LogP contribution in [0.5, 0.6) is 0 Å². The van der Waals surface area contributed by atoms with Gasteiger partial charge < -0.3 is 0 Å². The van der Waals surface area contributed by atoms with E-state index in [-0.39, 0.29) is 12.2 Å². The Morgan fingerprint density at radius 2 is 1.46 bits per heavy atom. The highest BCUT2D eigenvalue weighted by molar-refractivity contribution is 7.92. The SMILES string of the molecule is O=S(=O)(c1ccccc1F)N(Cc1ccccc1Cl)c1ccc(F)cc1. The molecule has 0 aromatic heterocycles. The van der Waals surface area contributed by atoms with E-state index in [1.807, 2.05) is 0 Å². The van der Waals surface area contributed by atoms with Crippen LogP contribution in [0.25, 0.3) is 0 Å². The molecule has 3 aromatic carbocycles. The topological polar surface area (TPSA) is 37.4 Å². The third-order valence-electron chi connectivity index (χ3n) is 3.79. The van der Waals surface area contributed by atoms with Crippen LogP contribution in [0.4, 0.5) is 14.5 Å². The average molecular weight is 394 g/mol. The molecule has 0 aliphatic rings. The molecule has 134 valence electrons. The zero-order valence-corrected chi connectivity index (χ0v) is 15.0. The van der Waals surface area contributed by atoms with Crippen LogP contribution in [0.3, 0.4) is 0 Å². The molecule has 3 nitrogen and oxygen atoms in total. The molecule has 0 saturated heterocycles. The monoisotopic (exact) mass is 393 g/mol. The van der Waals surface area contributed by atoms with E-state index in [9.17, 15) is 17.2 Å². The van der Waals surface area contributed by atoms with E-state index < -0.39 is 26.6 Å². The third kappa shape index (κ3) is 3.71. The van der Waals surface area contributed by atoms with E-state index in [2.05, 4.69) is 0 Å². The van der Waals surface area contributed by atoms with E-state index in [4.69, 9.17) is 11.6 Å². The van der Waals surface area contributed by atoms with Crippen molar-refractivity contribution in [3.8, 4) is 0 Å². The first-order valence-electron chi connectivity index (χ1n) is 7.66. The molecule has 0 unspecified atom stereocenters. The molecule has 0 spiro atoms. The zero-order valence-electron chi connectivity index (χ0n) is 13.4. The Bertz CT molecular complexity index is 1020. The van der Waals surface area contributed by atoms with Crippen LogP contribution < -0.4 is 4.31 Å². The number of rotatable bonds is 5. The molecular weight excluding hydrogens is 380 g/mol.